The van der Waals surface area contributed by atoms with Gasteiger partial charge in [0.05, 0.1) is 12.1 Å². The lowest BCUT2D eigenvalue weighted by Crippen LogP contribution is -2.53. The van der Waals surface area contributed by atoms with E-state index < -0.39 is 0 Å². The minimum atomic E-state index is -0.168. The minimum absolute atomic E-state index is 0.0278. The van der Waals surface area contributed by atoms with Gasteiger partial charge >= 0.3 is 0 Å². The summed E-state index contributed by atoms with van der Waals surface area (Å²) in [6, 6.07) is 0.767. The highest BCUT2D eigenvalue weighted by Crippen LogP contribution is 2.37. The van der Waals surface area contributed by atoms with E-state index in [1.54, 1.807) is 0 Å². The van der Waals surface area contributed by atoms with E-state index in [0.717, 1.165) is 25.7 Å². The average molecular weight is 213 g/mol. The molecule has 4 N–H and O–H groups in total. The summed E-state index contributed by atoms with van der Waals surface area (Å²) in [6.45, 7) is 1.96. The molecule has 0 aromatic carbocycles. The molecule has 0 saturated carbocycles. The molecule has 0 aromatic rings. The Kier molecular flexibility index (Phi) is 2.84. The smallest absolute Gasteiger partial charge is 0.156 e. The highest BCUT2D eigenvalue weighted by molar-refractivity contribution is 5.84. The number of hydrogen-bond acceptors (Lipinski definition) is 4. The van der Waals surface area contributed by atoms with Crippen LogP contribution >= 0.6 is 0 Å². The Labute approximate surface area is 89.5 Å². The number of hydrogen-bond donors (Lipinski definition) is 3. The molecule has 0 spiro atoms. The lowest BCUT2D eigenvalue weighted by atomic mass is 9.98. The molecule has 0 amide bonds. The number of oxime groups is 1. The predicted octanol–water partition coefficient (Wildman–Crippen LogP) is 0.109. The molecule has 5 heteroatoms. The molecule has 2 rings (SSSR count). The van der Waals surface area contributed by atoms with Gasteiger partial charge in [0.25, 0.3) is 0 Å². The number of amidine groups is 1. The summed E-state index contributed by atoms with van der Waals surface area (Å²) < 4.78 is 0. The zero-order chi connectivity index (χ0) is 11.0. The van der Waals surface area contributed by atoms with Crippen LogP contribution < -0.4 is 5.73 Å². The Hall–Kier alpha value is -0.810. The number of nitrogens with zero attached hydrogens (tertiary/aromatic N) is 2. The standard InChI is InChI=1S/C10H19N3O2/c1-6(10(11)12-15)13-7-2-3-8(13)5-9(14)4-7/h6-9,14-15H,2-5H2,1H3,(H2,11,12). The van der Waals surface area contributed by atoms with E-state index in [2.05, 4.69) is 10.1 Å². The van der Waals surface area contributed by atoms with E-state index in [9.17, 15) is 5.11 Å². The molecule has 2 fully saturated rings. The maximum absolute atomic E-state index is 9.65. The fourth-order valence-corrected chi connectivity index (χ4v) is 3.05. The third-order valence-corrected chi connectivity index (χ3v) is 3.76. The van der Waals surface area contributed by atoms with Gasteiger partial charge in [-0.05, 0) is 32.6 Å². The predicted molar refractivity (Wildman–Crippen MR) is 56.8 cm³/mol. The normalized spacial score (nSPS) is 39.3. The van der Waals surface area contributed by atoms with Crippen molar-refractivity contribution in [1.82, 2.24) is 4.90 Å². The van der Waals surface area contributed by atoms with Crippen LogP contribution in [0.3, 0.4) is 0 Å². The first-order chi connectivity index (χ1) is 7.13. The largest absolute Gasteiger partial charge is 0.409 e. The summed E-state index contributed by atoms with van der Waals surface area (Å²) in [5.74, 6) is 0.267. The summed E-state index contributed by atoms with van der Waals surface area (Å²) in [5.41, 5.74) is 5.63. The third-order valence-electron chi connectivity index (χ3n) is 3.76. The van der Waals surface area contributed by atoms with Gasteiger partial charge in [0.1, 0.15) is 0 Å². The van der Waals surface area contributed by atoms with Crippen molar-refractivity contribution in [3.63, 3.8) is 0 Å². The van der Waals surface area contributed by atoms with Crippen LogP contribution in [-0.4, -0.2) is 45.3 Å². The SMILES string of the molecule is CC(C(N)=NO)N1C2CCC1CC(O)C2. The van der Waals surface area contributed by atoms with Crippen molar-refractivity contribution < 1.29 is 10.3 Å². The zero-order valence-electron chi connectivity index (χ0n) is 9.00. The zero-order valence-corrected chi connectivity index (χ0v) is 9.00. The van der Waals surface area contributed by atoms with Gasteiger partial charge in [-0.3, -0.25) is 4.90 Å². The second-order valence-corrected chi connectivity index (χ2v) is 4.66. The van der Waals surface area contributed by atoms with Gasteiger partial charge in [-0.25, -0.2) is 0 Å². The van der Waals surface area contributed by atoms with Gasteiger partial charge in [-0.15, -0.1) is 0 Å². The second kappa shape index (κ2) is 3.98. The molecule has 0 radical (unpaired) electrons. The van der Waals surface area contributed by atoms with Crippen LogP contribution in [0.25, 0.3) is 0 Å². The van der Waals surface area contributed by atoms with Gasteiger partial charge in [-0.1, -0.05) is 5.16 Å². The molecule has 3 atom stereocenters. The van der Waals surface area contributed by atoms with Crippen LogP contribution in [0.15, 0.2) is 5.16 Å². The summed E-state index contributed by atoms with van der Waals surface area (Å²) >= 11 is 0. The maximum atomic E-state index is 9.65. The molecule has 0 aliphatic carbocycles. The number of piperidine rings is 1. The molecule has 86 valence electrons. The first-order valence-electron chi connectivity index (χ1n) is 5.56. The fraction of sp³-hybridized carbons (Fsp3) is 0.900. The van der Waals surface area contributed by atoms with Crippen molar-refractivity contribution in [1.29, 1.82) is 0 Å². The Morgan fingerprint density at radius 1 is 1.40 bits per heavy atom. The number of nitrogens with two attached hydrogens (primary N) is 1. The highest BCUT2D eigenvalue weighted by atomic mass is 16.4. The molecule has 2 aliphatic rings. The van der Waals surface area contributed by atoms with Crippen LogP contribution in [0, 0.1) is 0 Å². The van der Waals surface area contributed by atoms with Crippen LogP contribution in [0.1, 0.15) is 32.6 Å². The Balaban J connectivity index is 2.11. The molecular formula is C10H19N3O2. The molecule has 2 aliphatic heterocycles. The van der Waals surface area contributed by atoms with Gasteiger partial charge in [0.15, 0.2) is 5.84 Å². The van der Waals surface area contributed by atoms with Crippen molar-refractivity contribution >= 4 is 5.84 Å². The van der Waals surface area contributed by atoms with Gasteiger partial charge in [-0.2, -0.15) is 0 Å². The Morgan fingerprint density at radius 2 is 1.93 bits per heavy atom. The number of fused-ring (bicyclic) bond motifs is 2. The van der Waals surface area contributed by atoms with Crippen LogP contribution in [-0.2, 0) is 0 Å². The van der Waals surface area contributed by atoms with E-state index in [1.807, 2.05) is 6.92 Å². The van der Waals surface area contributed by atoms with E-state index >= 15 is 0 Å². The van der Waals surface area contributed by atoms with Gasteiger partial charge < -0.3 is 16.0 Å². The van der Waals surface area contributed by atoms with Crippen LogP contribution in [0.5, 0.6) is 0 Å². The third kappa shape index (κ3) is 1.81. The van der Waals surface area contributed by atoms with Crippen molar-refractivity contribution in [2.75, 3.05) is 0 Å². The van der Waals surface area contributed by atoms with Crippen LogP contribution in [0.4, 0.5) is 0 Å². The van der Waals surface area contributed by atoms with E-state index in [1.165, 1.54) is 0 Å². The minimum Gasteiger partial charge on any atom is -0.409 e. The Morgan fingerprint density at radius 3 is 2.40 bits per heavy atom. The summed E-state index contributed by atoms with van der Waals surface area (Å²) in [6.07, 6.45) is 3.70. The summed E-state index contributed by atoms with van der Waals surface area (Å²) in [4.78, 5) is 2.29. The van der Waals surface area contributed by atoms with Gasteiger partial charge in [0, 0.05) is 12.1 Å². The molecule has 5 nitrogen and oxygen atoms in total. The number of aliphatic hydroxyl groups is 1. The van der Waals surface area contributed by atoms with Crippen LogP contribution in [0.2, 0.25) is 0 Å². The first-order valence-corrected chi connectivity index (χ1v) is 5.56. The first kappa shape index (κ1) is 10.7. The Bertz CT molecular complexity index is 255. The lowest BCUT2D eigenvalue weighted by Gasteiger charge is -2.40. The maximum Gasteiger partial charge on any atom is 0.156 e. The highest BCUT2D eigenvalue weighted by Gasteiger charge is 2.43. The topological polar surface area (TPSA) is 82.1 Å². The average Bonchev–Trinajstić information content (AvgIpc) is 2.49. The van der Waals surface area contributed by atoms with E-state index in [-0.39, 0.29) is 18.0 Å². The van der Waals surface area contributed by atoms with Crippen molar-refractivity contribution in [3.05, 3.63) is 0 Å². The van der Waals surface area contributed by atoms with Crippen molar-refractivity contribution in [2.24, 2.45) is 10.9 Å². The van der Waals surface area contributed by atoms with Crippen molar-refractivity contribution in [2.45, 2.75) is 56.8 Å². The van der Waals surface area contributed by atoms with Gasteiger partial charge in [0.2, 0.25) is 0 Å². The molecule has 2 saturated heterocycles. The molecular weight excluding hydrogens is 194 g/mol. The molecule has 15 heavy (non-hydrogen) atoms. The summed E-state index contributed by atoms with van der Waals surface area (Å²) in [7, 11) is 0. The monoisotopic (exact) mass is 213 g/mol. The van der Waals surface area contributed by atoms with Crippen molar-refractivity contribution in [3.8, 4) is 0 Å². The number of aliphatic hydroxyl groups excluding tert-OH is 1. The summed E-state index contributed by atoms with van der Waals surface area (Å²) in [5, 5.41) is 21.4. The molecule has 3 unspecified atom stereocenters. The second-order valence-electron chi connectivity index (χ2n) is 4.66. The fourth-order valence-electron chi connectivity index (χ4n) is 3.05. The lowest BCUT2D eigenvalue weighted by molar-refractivity contribution is 0.0275. The quantitative estimate of drug-likeness (QED) is 0.263. The van der Waals surface area contributed by atoms with E-state index in [4.69, 9.17) is 10.9 Å². The molecule has 2 heterocycles. The van der Waals surface area contributed by atoms with E-state index in [0.29, 0.717) is 12.1 Å². The molecule has 2 bridgehead atoms. The number of rotatable bonds is 2. The molecule has 0 aromatic heterocycles.